The fourth-order valence-corrected chi connectivity index (χ4v) is 5.33. The van der Waals surface area contributed by atoms with E-state index in [9.17, 15) is 18.0 Å². The lowest BCUT2D eigenvalue weighted by Crippen LogP contribution is -2.56. The number of halogens is 3. The average Bonchev–Trinajstić information content (AvgIpc) is 3.30. The molecule has 2 amide bonds. The highest BCUT2D eigenvalue weighted by atomic mass is 19.4. The predicted molar refractivity (Wildman–Crippen MR) is 144 cm³/mol. The standard InChI is InChI=1S/C28H29F3N6O4/c1-27(2)40-16-21(41-27)15-39-20-8-9-32-23(12-20)34-26(38)37-19-7-4-10-36(14-19)22-13-33-24(35-25(22)37)17-5-3-6-18(11-17)28(29,30)31/h3,5-6,8-9,11-13,19,21H,4,7,10,14-16H2,1-2H3,(H,32,34,38)/t19-,21?/m0/s1. The van der Waals surface area contributed by atoms with Crippen LogP contribution in [0.15, 0.2) is 48.8 Å². The predicted octanol–water partition coefficient (Wildman–Crippen LogP) is 5.11. The molecule has 0 saturated carbocycles. The third-order valence-corrected chi connectivity index (χ3v) is 7.22. The van der Waals surface area contributed by atoms with Gasteiger partial charge in [-0.05, 0) is 44.9 Å². The average molecular weight is 571 g/mol. The number of piperidine rings is 1. The first-order chi connectivity index (χ1) is 19.6. The lowest BCUT2D eigenvalue weighted by atomic mass is 10.0. The number of benzene rings is 1. The Labute approximate surface area is 234 Å². The molecule has 10 nitrogen and oxygen atoms in total. The van der Waals surface area contributed by atoms with Crippen LogP contribution in [-0.4, -0.2) is 65.2 Å². The van der Waals surface area contributed by atoms with Gasteiger partial charge in [-0.1, -0.05) is 12.1 Å². The Morgan fingerprint density at radius 1 is 1.22 bits per heavy atom. The van der Waals surface area contributed by atoms with Gasteiger partial charge >= 0.3 is 12.2 Å². The van der Waals surface area contributed by atoms with Crippen molar-refractivity contribution in [3.05, 3.63) is 54.4 Å². The fourth-order valence-electron chi connectivity index (χ4n) is 5.33. The molecule has 2 atom stereocenters. The molecule has 6 rings (SSSR count). The van der Waals surface area contributed by atoms with Crippen LogP contribution in [0.25, 0.3) is 11.4 Å². The van der Waals surface area contributed by atoms with Crippen molar-refractivity contribution in [1.82, 2.24) is 15.0 Å². The number of hydrogen-bond acceptors (Lipinski definition) is 8. The molecule has 2 saturated heterocycles. The Kier molecular flexibility index (Phi) is 6.94. The fraction of sp³-hybridized carbons (Fsp3) is 0.429. The van der Waals surface area contributed by atoms with E-state index in [1.807, 2.05) is 13.8 Å². The number of rotatable bonds is 5. The number of urea groups is 1. The van der Waals surface area contributed by atoms with Gasteiger partial charge in [0, 0.05) is 30.9 Å². The van der Waals surface area contributed by atoms with Crippen molar-refractivity contribution in [2.45, 2.75) is 50.8 Å². The summed E-state index contributed by atoms with van der Waals surface area (Å²) in [6.45, 7) is 5.74. The topological polar surface area (TPSA) is 102 Å². The summed E-state index contributed by atoms with van der Waals surface area (Å²) in [4.78, 5) is 30.6. The number of fused-ring (bicyclic) bond motifs is 4. The van der Waals surface area contributed by atoms with E-state index in [1.54, 1.807) is 23.2 Å². The first kappa shape index (κ1) is 27.2. The summed E-state index contributed by atoms with van der Waals surface area (Å²) < 4.78 is 57.2. The van der Waals surface area contributed by atoms with Crippen molar-refractivity contribution in [1.29, 1.82) is 0 Å². The van der Waals surface area contributed by atoms with E-state index in [4.69, 9.17) is 14.2 Å². The van der Waals surface area contributed by atoms with Crippen LogP contribution in [0.1, 0.15) is 32.3 Å². The molecule has 2 fully saturated rings. The smallest absolute Gasteiger partial charge is 0.416 e. The number of aromatic nitrogens is 3. The van der Waals surface area contributed by atoms with Crippen LogP contribution in [0.3, 0.4) is 0 Å². The van der Waals surface area contributed by atoms with Crippen LogP contribution in [0.5, 0.6) is 5.75 Å². The largest absolute Gasteiger partial charge is 0.491 e. The summed E-state index contributed by atoms with van der Waals surface area (Å²) in [5.41, 5.74) is 0.0642. The van der Waals surface area contributed by atoms with Crippen LogP contribution >= 0.6 is 0 Å². The quantitative estimate of drug-likeness (QED) is 0.452. The van der Waals surface area contributed by atoms with E-state index >= 15 is 0 Å². The van der Waals surface area contributed by atoms with Gasteiger partial charge < -0.3 is 19.1 Å². The van der Waals surface area contributed by atoms with Crippen molar-refractivity contribution in [2.24, 2.45) is 0 Å². The zero-order valence-electron chi connectivity index (χ0n) is 22.5. The van der Waals surface area contributed by atoms with Crippen molar-refractivity contribution < 1.29 is 32.2 Å². The molecule has 1 aromatic carbocycles. The number of pyridine rings is 1. The molecule has 2 aromatic heterocycles. The molecule has 3 aliphatic rings. The van der Waals surface area contributed by atoms with Crippen LogP contribution < -0.4 is 19.9 Å². The molecule has 3 aliphatic heterocycles. The Morgan fingerprint density at radius 2 is 2.07 bits per heavy atom. The molecule has 2 bridgehead atoms. The van der Waals surface area contributed by atoms with Gasteiger partial charge in [0.2, 0.25) is 0 Å². The number of ether oxygens (including phenoxy) is 3. The molecular weight excluding hydrogens is 541 g/mol. The molecule has 3 aromatic rings. The van der Waals surface area contributed by atoms with E-state index in [0.717, 1.165) is 31.5 Å². The van der Waals surface area contributed by atoms with Crippen LogP contribution in [0.2, 0.25) is 0 Å². The summed E-state index contributed by atoms with van der Waals surface area (Å²) >= 11 is 0. The maximum atomic E-state index is 13.7. The highest BCUT2D eigenvalue weighted by Crippen LogP contribution is 2.39. The zero-order chi connectivity index (χ0) is 28.8. The molecule has 13 heteroatoms. The number of carbonyl (C=O) groups is 1. The number of alkyl halides is 3. The van der Waals surface area contributed by atoms with Crippen molar-refractivity contribution in [3.63, 3.8) is 0 Å². The molecule has 0 aliphatic carbocycles. The first-order valence-corrected chi connectivity index (χ1v) is 13.4. The van der Waals surface area contributed by atoms with Crippen LogP contribution in [-0.2, 0) is 15.7 Å². The molecule has 1 unspecified atom stereocenters. The number of amides is 2. The normalized spacial score (nSPS) is 21.4. The minimum atomic E-state index is -4.50. The molecular formula is C28H29F3N6O4. The van der Waals surface area contributed by atoms with Gasteiger partial charge in [0.25, 0.3) is 0 Å². The third kappa shape index (κ3) is 5.77. The Morgan fingerprint density at radius 3 is 2.85 bits per heavy atom. The summed E-state index contributed by atoms with van der Waals surface area (Å²) in [5.74, 6) is 0.567. The van der Waals surface area contributed by atoms with Gasteiger partial charge in [-0.15, -0.1) is 0 Å². The first-order valence-electron chi connectivity index (χ1n) is 13.4. The van der Waals surface area contributed by atoms with Crippen molar-refractivity contribution >= 4 is 23.4 Å². The van der Waals surface area contributed by atoms with Crippen LogP contribution in [0.4, 0.5) is 35.3 Å². The monoisotopic (exact) mass is 570 g/mol. The second-order valence-corrected chi connectivity index (χ2v) is 10.7. The molecule has 41 heavy (non-hydrogen) atoms. The summed E-state index contributed by atoms with van der Waals surface area (Å²) in [6.07, 6.45) is 0.000642. The van der Waals surface area contributed by atoms with E-state index < -0.39 is 23.6 Å². The van der Waals surface area contributed by atoms with E-state index in [1.165, 1.54) is 18.3 Å². The zero-order valence-corrected chi connectivity index (χ0v) is 22.5. The highest BCUT2D eigenvalue weighted by molar-refractivity contribution is 6.04. The summed E-state index contributed by atoms with van der Waals surface area (Å²) in [6, 6.07) is 7.51. The molecule has 0 radical (unpaired) electrons. The SMILES string of the molecule is CC1(C)OCC(COc2ccnc(NC(=O)N3c4nc(-c5cccc(C(F)(F)F)c5)ncc4N4CCC[C@H]3C4)c2)O1. The number of anilines is 3. The summed E-state index contributed by atoms with van der Waals surface area (Å²) in [5, 5.41) is 2.84. The van der Waals surface area contributed by atoms with Crippen LogP contribution in [0, 0.1) is 0 Å². The van der Waals surface area contributed by atoms with Gasteiger partial charge in [-0.3, -0.25) is 10.2 Å². The lowest BCUT2D eigenvalue weighted by molar-refractivity contribution is -0.141. The van der Waals surface area contributed by atoms with Crippen molar-refractivity contribution in [2.75, 3.05) is 41.4 Å². The number of carbonyl (C=O) groups excluding carboxylic acids is 1. The number of hydrogen-bond donors (Lipinski definition) is 1. The maximum Gasteiger partial charge on any atom is 0.416 e. The van der Waals surface area contributed by atoms with Crippen molar-refractivity contribution in [3.8, 4) is 17.1 Å². The van der Waals surface area contributed by atoms with E-state index in [-0.39, 0.29) is 36.0 Å². The van der Waals surface area contributed by atoms with Gasteiger partial charge in [-0.25, -0.2) is 19.7 Å². The van der Waals surface area contributed by atoms with Gasteiger partial charge in [0.05, 0.1) is 30.1 Å². The molecule has 1 N–H and O–H groups in total. The second-order valence-electron chi connectivity index (χ2n) is 10.7. The van der Waals surface area contributed by atoms with Gasteiger partial charge in [0.15, 0.2) is 17.4 Å². The number of nitrogens with zero attached hydrogens (tertiary/aromatic N) is 5. The Bertz CT molecular complexity index is 1450. The Balaban J connectivity index is 1.24. The van der Waals surface area contributed by atoms with Gasteiger partial charge in [0.1, 0.15) is 24.3 Å². The number of nitrogens with one attached hydrogen (secondary N) is 1. The molecule has 0 spiro atoms. The third-order valence-electron chi connectivity index (χ3n) is 7.22. The minimum absolute atomic E-state index is 0.101. The van der Waals surface area contributed by atoms with Gasteiger partial charge in [-0.2, -0.15) is 13.2 Å². The van der Waals surface area contributed by atoms with E-state index in [2.05, 4.69) is 25.2 Å². The maximum absolute atomic E-state index is 13.7. The van der Waals surface area contributed by atoms with E-state index in [0.29, 0.717) is 30.4 Å². The summed E-state index contributed by atoms with van der Waals surface area (Å²) in [7, 11) is 0. The minimum Gasteiger partial charge on any atom is -0.491 e. The highest BCUT2D eigenvalue weighted by Gasteiger charge is 2.39. The molecule has 216 valence electrons. The lowest BCUT2D eigenvalue weighted by Gasteiger charge is -2.45. The molecule has 5 heterocycles. The Hall–Kier alpha value is -3.97. The second kappa shape index (κ2) is 10.5.